The number of amides is 1. The molecule has 1 atom stereocenters. The largest absolute Gasteiger partial charge is 0.497 e. The minimum absolute atomic E-state index is 0.0133. The Balaban J connectivity index is 2.22. The van der Waals surface area contributed by atoms with Crippen molar-refractivity contribution in [1.82, 2.24) is 0 Å². The maximum Gasteiger partial charge on any atom is 0.330 e. The van der Waals surface area contributed by atoms with Crippen molar-refractivity contribution in [2.75, 3.05) is 39.9 Å². The second-order valence-corrected chi connectivity index (χ2v) is 8.91. The molecule has 0 saturated carbocycles. The lowest BCUT2D eigenvalue weighted by Crippen LogP contribution is -2.31. The summed E-state index contributed by atoms with van der Waals surface area (Å²) in [7, 11) is 5.82. The zero-order valence-electron chi connectivity index (χ0n) is 23.3. The molecule has 3 aromatic carbocycles. The number of methoxy groups -OCH3 is 4. The molecule has 1 amide bonds. The molecule has 41 heavy (non-hydrogen) atoms. The summed E-state index contributed by atoms with van der Waals surface area (Å²) in [5, 5.41) is 11.3. The zero-order chi connectivity index (χ0) is 30.1. The predicted molar refractivity (Wildman–Crippen MR) is 152 cm³/mol. The van der Waals surface area contributed by atoms with Crippen molar-refractivity contribution in [3.63, 3.8) is 0 Å². The molecule has 0 heterocycles. The van der Waals surface area contributed by atoms with Crippen LogP contribution >= 0.6 is 11.6 Å². The van der Waals surface area contributed by atoms with Gasteiger partial charge >= 0.3 is 5.97 Å². The number of ether oxygens (including phenoxy) is 5. The van der Waals surface area contributed by atoms with Gasteiger partial charge in [0.05, 0.1) is 52.3 Å². The first-order valence-electron chi connectivity index (χ1n) is 12.4. The van der Waals surface area contributed by atoms with E-state index in [0.29, 0.717) is 22.8 Å². The van der Waals surface area contributed by atoms with Crippen LogP contribution in [0.4, 0.5) is 10.1 Å². The maximum absolute atomic E-state index is 15.0. The number of nitrogens with zero attached hydrogens (tertiary/aromatic N) is 1. The van der Waals surface area contributed by atoms with Gasteiger partial charge in [0, 0.05) is 34.9 Å². The summed E-state index contributed by atoms with van der Waals surface area (Å²) >= 11 is 6.16. The Hall–Kier alpha value is -4.28. The van der Waals surface area contributed by atoms with Crippen LogP contribution < -0.4 is 23.8 Å². The first-order chi connectivity index (χ1) is 19.7. The SMILES string of the molecule is CCOC(=O)/C=C/C(=O)N(Cc1ccc(OC)cc1OC)c1cc(F)c(Cl)cc1C(O)c1cccc(OC)c1OC. The van der Waals surface area contributed by atoms with Crippen molar-refractivity contribution in [3.8, 4) is 23.0 Å². The molecule has 11 heteroatoms. The third kappa shape index (κ3) is 7.27. The molecular formula is C30H31ClFNO8. The lowest BCUT2D eigenvalue weighted by atomic mass is 9.97. The van der Waals surface area contributed by atoms with Crippen LogP contribution in [0.25, 0.3) is 0 Å². The normalized spacial score (nSPS) is 11.6. The first kappa shape index (κ1) is 31.3. The van der Waals surface area contributed by atoms with E-state index in [1.165, 1.54) is 39.4 Å². The molecule has 0 radical (unpaired) electrons. The maximum atomic E-state index is 15.0. The average Bonchev–Trinajstić information content (AvgIpc) is 2.99. The van der Waals surface area contributed by atoms with Gasteiger partial charge in [-0.3, -0.25) is 4.79 Å². The average molecular weight is 588 g/mol. The Morgan fingerprint density at radius 1 is 0.951 bits per heavy atom. The van der Waals surface area contributed by atoms with E-state index >= 15 is 0 Å². The van der Waals surface area contributed by atoms with Crippen molar-refractivity contribution in [2.45, 2.75) is 19.6 Å². The van der Waals surface area contributed by atoms with Crippen molar-refractivity contribution in [3.05, 3.63) is 88.2 Å². The molecule has 0 aliphatic rings. The van der Waals surface area contributed by atoms with Gasteiger partial charge in [0.15, 0.2) is 11.5 Å². The molecule has 0 spiro atoms. The molecule has 0 aliphatic carbocycles. The van der Waals surface area contributed by atoms with Gasteiger partial charge in [0.25, 0.3) is 5.91 Å². The lowest BCUT2D eigenvalue weighted by molar-refractivity contribution is -0.137. The third-order valence-corrected chi connectivity index (χ3v) is 6.41. The molecule has 218 valence electrons. The van der Waals surface area contributed by atoms with Crippen molar-refractivity contribution < 1.29 is 42.8 Å². The Labute approximate surface area is 242 Å². The quantitative estimate of drug-likeness (QED) is 0.226. The minimum Gasteiger partial charge on any atom is -0.497 e. The second kappa shape index (κ2) is 14.4. The van der Waals surface area contributed by atoms with E-state index in [4.69, 9.17) is 35.3 Å². The number of carbonyl (C=O) groups excluding carboxylic acids is 2. The highest BCUT2D eigenvalue weighted by Crippen LogP contribution is 2.42. The number of para-hydroxylation sites is 1. The Bertz CT molecular complexity index is 1430. The highest BCUT2D eigenvalue weighted by molar-refractivity contribution is 6.31. The summed E-state index contributed by atoms with van der Waals surface area (Å²) in [6.07, 6.45) is 0.538. The Morgan fingerprint density at radius 2 is 1.68 bits per heavy atom. The standard InChI is InChI=1S/C30H31ClFNO8/c1-6-41-28(35)13-12-27(34)33(17-18-10-11-19(37-2)14-26(18)39-4)24-16-23(32)22(31)15-21(24)29(36)20-8-7-9-25(38-3)30(20)40-5/h7-16,29,36H,6,17H2,1-5H3/b13-12+. The van der Waals surface area contributed by atoms with Crippen molar-refractivity contribution >= 4 is 29.2 Å². The number of aliphatic hydroxyl groups excluding tert-OH is 1. The van der Waals surface area contributed by atoms with Crippen molar-refractivity contribution in [2.24, 2.45) is 0 Å². The third-order valence-electron chi connectivity index (χ3n) is 6.12. The summed E-state index contributed by atoms with van der Waals surface area (Å²) in [4.78, 5) is 26.7. The first-order valence-corrected chi connectivity index (χ1v) is 12.8. The van der Waals surface area contributed by atoms with E-state index in [-0.39, 0.29) is 40.7 Å². The van der Waals surface area contributed by atoms with E-state index in [9.17, 15) is 19.1 Å². The molecule has 3 aromatic rings. The number of hydrogen-bond donors (Lipinski definition) is 1. The van der Waals surface area contributed by atoms with Gasteiger partial charge in [-0.05, 0) is 37.3 Å². The van der Waals surface area contributed by atoms with Gasteiger partial charge in [-0.2, -0.15) is 0 Å². The number of hydrogen-bond acceptors (Lipinski definition) is 8. The fourth-order valence-corrected chi connectivity index (χ4v) is 4.33. The van der Waals surface area contributed by atoms with Gasteiger partial charge in [0.1, 0.15) is 23.4 Å². The minimum atomic E-state index is -1.43. The Kier molecular flexibility index (Phi) is 11.0. The van der Waals surface area contributed by atoms with Gasteiger partial charge in [-0.1, -0.05) is 23.7 Å². The number of anilines is 1. The lowest BCUT2D eigenvalue weighted by Gasteiger charge is -2.28. The predicted octanol–water partition coefficient (Wildman–Crippen LogP) is 5.25. The van der Waals surface area contributed by atoms with Crippen LogP contribution in [-0.4, -0.2) is 52.0 Å². The van der Waals surface area contributed by atoms with Crippen LogP contribution in [0.3, 0.4) is 0 Å². The van der Waals surface area contributed by atoms with Gasteiger partial charge < -0.3 is 33.7 Å². The van der Waals surface area contributed by atoms with Crippen LogP contribution in [0.5, 0.6) is 23.0 Å². The monoisotopic (exact) mass is 587 g/mol. The summed E-state index contributed by atoms with van der Waals surface area (Å²) in [5.41, 5.74) is 0.891. The topological polar surface area (TPSA) is 104 Å². The zero-order valence-corrected chi connectivity index (χ0v) is 24.0. The van der Waals surface area contributed by atoms with E-state index in [2.05, 4.69) is 0 Å². The van der Waals surface area contributed by atoms with Crippen LogP contribution in [0, 0.1) is 5.82 Å². The smallest absolute Gasteiger partial charge is 0.330 e. The fraction of sp³-hybridized carbons (Fsp3) is 0.267. The summed E-state index contributed by atoms with van der Waals surface area (Å²) in [6, 6.07) is 12.2. The number of halogens is 2. The molecule has 3 rings (SSSR count). The number of benzene rings is 3. The highest BCUT2D eigenvalue weighted by atomic mass is 35.5. The number of rotatable bonds is 12. The highest BCUT2D eigenvalue weighted by Gasteiger charge is 2.28. The molecule has 9 nitrogen and oxygen atoms in total. The molecule has 0 bridgehead atoms. The molecule has 1 unspecified atom stereocenters. The Morgan fingerprint density at radius 3 is 2.32 bits per heavy atom. The number of carbonyl (C=O) groups is 2. The van der Waals surface area contributed by atoms with Gasteiger partial charge in [-0.15, -0.1) is 0 Å². The molecule has 0 saturated heterocycles. The molecule has 0 fully saturated rings. The molecule has 0 aliphatic heterocycles. The van der Waals surface area contributed by atoms with Crippen LogP contribution in [0.15, 0.2) is 60.7 Å². The fourth-order valence-electron chi connectivity index (χ4n) is 4.15. The molecule has 1 N–H and O–H groups in total. The van der Waals surface area contributed by atoms with Crippen LogP contribution in [-0.2, 0) is 20.9 Å². The molecule has 0 aromatic heterocycles. The second-order valence-electron chi connectivity index (χ2n) is 8.50. The molecular weight excluding hydrogens is 557 g/mol. The van der Waals surface area contributed by atoms with E-state index in [1.807, 2.05) is 0 Å². The van der Waals surface area contributed by atoms with Crippen molar-refractivity contribution in [1.29, 1.82) is 0 Å². The van der Waals surface area contributed by atoms with E-state index < -0.39 is 23.8 Å². The van der Waals surface area contributed by atoms with Crippen LogP contribution in [0.1, 0.15) is 29.7 Å². The van der Waals surface area contributed by atoms with E-state index in [0.717, 1.165) is 18.2 Å². The summed E-state index contributed by atoms with van der Waals surface area (Å²) in [6.45, 7) is 1.60. The van der Waals surface area contributed by atoms with Gasteiger partial charge in [0.2, 0.25) is 0 Å². The van der Waals surface area contributed by atoms with Crippen LogP contribution in [0.2, 0.25) is 5.02 Å². The number of esters is 1. The van der Waals surface area contributed by atoms with Gasteiger partial charge in [-0.25, -0.2) is 9.18 Å². The number of aliphatic hydroxyl groups is 1. The van der Waals surface area contributed by atoms with E-state index in [1.54, 1.807) is 43.3 Å². The summed E-state index contributed by atoms with van der Waals surface area (Å²) < 4.78 is 41.5. The summed E-state index contributed by atoms with van der Waals surface area (Å²) in [5.74, 6) is -0.760.